The molecule has 0 aliphatic carbocycles. The summed E-state index contributed by atoms with van der Waals surface area (Å²) in [4.78, 5) is 20.0. The number of hydrogen-bond acceptors (Lipinski definition) is 3. The van der Waals surface area contributed by atoms with Gasteiger partial charge >= 0.3 is 0 Å². The second kappa shape index (κ2) is 10.4. The highest BCUT2D eigenvalue weighted by Crippen LogP contribution is 2.20. The number of aromatic nitrogens is 1. The summed E-state index contributed by atoms with van der Waals surface area (Å²) in [6, 6.07) is 5.25. The SMILES string of the molecule is CC.CC.CC1CN(Cc2cccc(C(=O)N3CC(F)C(F)C3)n2)C1. The number of carbonyl (C=O) groups excluding carboxylic acids is 1. The van der Waals surface area contributed by atoms with Crippen molar-refractivity contribution in [3.8, 4) is 0 Å². The van der Waals surface area contributed by atoms with Crippen LogP contribution in [0.5, 0.6) is 0 Å². The summed E-state index contributed by atoms with van der Waals surface area (Å²) in [6.45, 7) is 12.6. The normalized spacial score (nSPS) is 23.1. The van der Waals surface area contributed by atoms with Crippen LogP contribution in [0, 0.1) is 5.92 Å². The Morgan fingerprint density at radius 1 is 1.08 bits per heavy atom. The van der Waals surface area contributed by atoms with E-state index in [1.807, 2.05) is 33.8 Å². The number of hydrogen-bond donors (Lipinski definition) is 0. The van der Waals surface area contributed by atoms with Gasteiger partial charge in [-0.3, -0.25) is 9.69 Å². The van der Waals surface area contributed by atoms with Crippen molar-refractivity contribution in [1.82, 2.24) is 14.8 Å². The average molecular weight is 355 g/mol. The largest absolute Gasteiger partial charge is 0.331 e. The molecule has 0 spiro atoms. The molecule has 3 rings (SSSR count). The van der Waals surface area contributed by atoms with Gasteiger partial charge in [0.1, 0.15) is 5.69 Å². The minimum atomic E-state index is -1.58. The summed E-state index contributed by atoms with van der Waals surface area (Å²) in [5.74, 6) is 0.319. The van der Waals surface area contributed by atoms with E-state index in [9.17, 15) is 13.6 Å². The molecule has 1 aromatic heterocycles. The van der Waals surface area contributed by atoms with Crippen molar-refractivity contribution in [1.29, 1.82) is 0 Å². The molecule has 1 amide bonds. The van der Waals surface area contributed by atoms with Crippen molar-refractivity contribution < 1.29 is 13.6 Å². The van der Waals surface area contributed by atoms with Crippen LogP contribution in [0.3, 0.4) is 0 Å². The third kappa shape index (κ3) is 5.73. The lowest BCUT2D eigenvalue weighted by Crippen LogP contribution is -2.44. The van der Waals surface area contributed by atoms with Gasteiger partial charge in [-0.15, -0.1) is 0 Å². The van der Waals surface area contributed by atoms with Crippen LogP contribution in [-0.2, 0) is 6.54 Å². The van der Waals surface area contributed by atoms with Crippen LogP contribution >= 0.6 is 0 Å². The van der Waals surface area contributed by atoms with Crippen molar-refractivity contribution in [3.05, 3.63) is 29.6 Å². The monoisotopic (exact) mass is 355 g/mol. The molecule has 0 N–H and O–H groups in total. The van der Waals surface area contributed by atoms with Gasteiger partial charge in [0.25, 0.3) is 5.91 Å². The predicted molar refractivity (Wildman–Crippen MR) is 97.1 cm³/mol. The van der Waals surface area contributed by atoms with E-state index in [0.717, 1.165) is 18.8 Å². The topological polar surface area (TPSA) is 36.4 Å². The van der Waals surface area contributed by atoms with Gasteiger partial charge < -0.3 is 4.90 Å². The number of carbonyl (C=O) groups is 1. The van der Waals surface area contributed by atoms with Crippen molar-refractivity contribution >= 4 is 5.91 Å². The summed E-state index contributed by atoms with van der Waals surface area (Å²) in [6.07, 6.45) is -3.17. The van der Waals surface area contributed by atoms with Crippen LogP contribution in [0.15, 0.2) is 18.2 Å². The van der Waals surface area contributed by atoms with Crippen LogP contribution in [0.25, 0.3) is 0 Å². The lowest BCUT2D eigenvalue weighted by atomic mass is 10.0. The van der Waals surface area contributed by atoms with E-state index < -0.39 is 18.3 Å². The summed E-state index contributed by atoms with van der Waals surface area (Å²) < 4.78 is 26.4. The summed E-state index contributed by atoms with van der Waals surface area (Å²) in [5, 5.41) is 0. The van der Waals surface area contributed by atoms with E-state index in [-0.39, 0.29) is 18.8 Å². The number of pyridine rings is 1. The van der Waals surface area contributed by atoms with E-state index in [1.54, 1.807) is 12.1 Å². The molecular formula is C19H31F2N3O. The Morgan fingerprint density at radius 2 is 1.64 bits per heavy atom. The maximum absolute atomic E-state index is 13.2. The van der Waals surface area contributed by atoms with Crippen LogP contribution in [-0.4, -0.2) is 59.2 Å². The highest BCUT2D eigenvalue weighted by molar-refractivity contribution is 5.92. The second-order valence-electron chi connectivity index (χ2n) is 6.06. The second-order valence-corrected chi connectivity index (χ2v) is 6.06. The molecule has 142 valence electrons. The van der Waals surface area contributed by atoms with Crippen molar-refractivity contribution in [2.75, 3.05) is 26.2 Å². The molecule has 6 heteroatoms. The van der Waals surface area contributed by atoms with Gasteiger partial charge in [0, 0.05) is 19.6 Å². The molecule has 0 radical (unpaired) electrons. The van der Waals surface area contributed by atoms with Gasteiger partial charge in [0.15, 0.2) is 12.3 Å². The molecule has 2 aliphatic rings. The van der Waals surface area contributed by atoms with Gasteiger partial charge in [0.2, 0.25) is 0 Å². The zero-order valence-corrected chi connectivity index (χ0v) is 16.0. The van der Waals surface area contributed by atoms with Crippen LogP contribution < -0.4 is 0 Å². The van der Waals surface area contributed by atoms with Crippen LogP contribution in [0.1, 0.15) is 50.8 Å². The molecule has 1 aromatic rings. The Bertz CT molecular complexity index is 525. The Morgan fingerprint density at radius 3 is 2.16 bits per heavy atom. The zero-order chi connectivity index (χ0) is 19.0. The fourth-order valence-electron chi connectivity index (χ4n) is 2.93. The number of amides is 1. The number of nitrogens with zero attached hydrogens (tertiary/aromatic N) is 3. The Balaban J connectivity index is 0.000000730. The maximum atomic E-state index is 13.2. The molecular weight excluding hydrogens is 324 g/mol. The van der Waals surface area contributed by atoms with Crippen LogP contribution in [0.4, 0.5) is 8.78 Å². The van der Waals surface area contributed by atoms with E-state index in [4.69, 9.17) is 0 Å². The minimum Gasteiger partial charge on any atom is -0.331 e. The molecule has 4 nitrogen and oxygen atoms in total. The molecule has 2 aliphatic heterocycles. The fourth-order valence-corrected chi connectivity index (χ4v) is 2.93. The summed E-state index contributed by atoms with van der Waals surface area (Å²) in [5.41, 5.74) is 1.09. The van der Waals surface area contributed by atoms with E-state index in [1.165, 1.54) is 4.90 Å². The van der Waals surface area contributed by atoms with Crippen molar-refractivity contribution in [2.45, 2.75) is 53.5 Å². The molecule has 2 atom stereocenters. The number of likely N-dealkylation sites (tertiary alicyclic amines) is 2. The van der Waals surface area contributed by atoms with Gasteiger partial charge in [-0.25, -0.2) is 13.8 Å². The van der Waals surface area contributed by atoms with Gasteiger partial charge in [-0.1, -0.05) is 40.7 Å². The van der Waals surface area contributed by atoms with Gasteiger partial charge in [0.05, 0.1) is 18.8 Å². The molecule has 2 saturated heterocycles. The summed E-state index contributed by atoms with van der Waals surface area (Å²) >= 11 is 0. The molecule has 0 saturated carbocycles. The van der Waals surface area contributed by atoms with Gasteiger partial charge in [-0.05, 0) is 18.1 Å². The standard InChI is InChI=1S/C15H19F2N3O.2C2H6/c1-10-5-19(6-10)7-11-3-2-4-14(18-11)15(21)20-8-12(16)13(17)9-20;2*1-2/h2-4,10,12-13H,5-9H2,1H3;2*1-2H3. The third-order valence-corrected chi connectivity index (χ3v) is 4.02. The van der Waals surface area contributed by atoms with Crippen molar-refractivity contribution in [3.63, 3.8) is 0 Å². The third-order valence-electron chi connectivity index (χ3n) is 4.02. The summed E-state index contributed by atoms with van der Waals surface area (Å²) in [7, 11) is 0. The minimum absolute atomic E-state index is 0.185. The number of halogens is 2. The molecule has 0 aromatic carbocycles. The Hall–Kier alpha value is -1.56. The van der Waals surface area contributed by atoms with E-state index in [2.05, 4.69) is 16.8 Å². The first-order valence-electron chi connectivity index (χ1n) is 9.28. The lowest BCUT2D eigenvalue weighted by Gasteiger charge is -2.36. The van der Waals surface area contributed by atoms with E-state index in [0.29, 0.717) is 12.5 Å². The lowest BCUT2D eigenvalue weighted by molar-refractivity contribution is 0.0770. The molecule has 2 unspecified atom stereocenters. The quantitative estimate of drug-likeness (QED) is 0.829. The first-order chi connectivity index (χ1) is 12.0. The van der Waals surface area contributed by atoms with E-state index >= 15 is 0 Å². The molecule has 2 fully saturated rings. The first kappa shape index (κ1) is 21.5. The molecule has 25 heavy (non-hydrogen) atoms. The predicted octanol–water partition coefficient (Wildman–Crippen LogP) is 3.72. The maximum Gasteiger partial charge on any atom is 0.272 e. The highest BCUT2D eigenvalue weighted by atomic mass is 19.2. The van der Waals surface area contributed by atoms with Crippen LogP contribution in [0.2, 0.25) is 0 Å². The van der Waals surface area contributed by atoms with Crippen molar-refractivity contribution in [2.24, 2.45) is 5.92 Å². The number of alkyl halides is 2. The van der Waals surface area contributed by atoms with Gasteiger partial charge in [-0.2, -0.15) is 0 Å². The Labute approximate surface area is 150 Å². The fraction of sp³-hybridized carbons (Fsp3) is 0.684. The highest BCUT2D eigenvalue weighted by Gasteiger charge is 2.36. The Kier molecular flexibility index (Phi) is 8.97. The first-order valence-corrected chi connectivity index (χ1v) is 9.28. The average Bonchev–Trinajstić information content (AvgIpc) is 2.96. The number of rotatable bonds is 3. The zero-order valence-electron chi connectivity index (χ0n) is 16.0. The molecule has 3 heterocycles. The molecule has 0 bridgehead atoms. The smallest absolute Gasteiger partial charge is 0.272 e.